The first-order valence-corrected chi connectivity index (χ1v) is 8.83. The lowest BCUT2D eigenvalue weighted by Crippen LogP contribution is -2.37. The van der Waals surface area contributed by atoms with Crippen LogP contribution in [0.15, 0.2) is 12.1 Å². The number of hydrogen-bond acceptors (Lipinski definition) is 5. The van der Waals surface area contributed by atoms with Crippen molar-refractivity contribution < 1.29 is 9.31 Å². The van der Waals surface area contributed by atoms with Gasteiger partial charge in [-0.2, -0.15) is 0 Å². The van der Waals surface area contributed by atoms with Crippen LogP contribution in [0.25, 0.3) is 11.0 Å². The van der Waals surface area contributed by atoms with Crippen LogP contribution in [-0.2, 0) is 7.05 Å². The molecular formula is C17H22FN5O2. The fourth-order valence-corrected chi connectivity index (χ4v) is 3.95. The van der Waals surface area contributed by atoms with Gasteiger partial charge in [0, 0.05) is 32.7 Å². The van der Waals surface area contributed by atoms with Gasteiger partial charge in [-0.15, -0.1) is 0 Å². The lowest BCUT2D eigenvalue weighted by molar-refractivity contribution is -0.384. The third-order valence-electron chi connectivity index (χ3n) is 5.24. The summed E-state index contributed by atoms with van der Waals surface area (Å²) < 4.78 is 15.7. The van der Waals surface area contributed by atoms with E-state index in [9.17, 15) is 14.5 Å². The second kappa shape index (κ2) is 6.16. The van der Waals surface area contributed by atoms with Crippen molar-refractivity contribution in [2.24, 2.45) is 7.05 Å². The Labute approximate surface area is 145 Å². The Kier molecular flexibility index (Phi) is 3.97. The van der Waals surface area contributed by atoms with E-state index in [1.807, 2.05) is 22.6 Å². The fraction of sp³-hybridized carbons (Fsp3) is 0.588. The fourth-order valence-electron chi connectivity index (χ4n) is 3.95. The topological polar surface area (TPSA) is 67.4 Å². The summed E-state index contributed by atoms with van der Waals surface area (Å²) in [5.41, 5.74) is 2.20. The minimum absolute atomic E-state index is 0.0982. The zero-order valence-electron chi connectivity index (χ0n) is 14.3. The van der Waals surface area contributed by atoms with Crippen molar-refractivity contribution >= 4 is 28.4 Å². The second-order valence-corrected chi connectivity index (χ2v) is 6.94. The normalized spacial score (nSPS) is 21.3. The Hall–Kier alpha value is -2.38. The minimum Gasteiger partial charge on any atom is -0.366 e. The van der Waals surface area contributed by atoms with E-state index < -0.39 is 6.17 Å². The molecule has 0 radical (unpaired) electrons. The largest absolute Gasteiger partial charge is 0.366 e. The number of rotatable bonds is 3. The van der Waals surface area contributed by atoms with Crippen molar-refractivity contribution in [1.82, 2.24) is 9.55 Å². The molecule has 2 saturated heterocycles. The van der Waals surface area contributed by atoms with Crippen LogP contribution in [0.2, 0.25) is 0 Å². The first kappa shape index (κ1) is 16.1. The van der Waals surface area contributed by atoms with E-state index in [1.165, 1.54) is 0 Å². The lowest BCUT2D eigenvalue weighted by Gasteiger charge is -2.29. The molecule has 1 aromatic heterocycles. The van der Waals surface area contributed by atoms with Crippen molar-refractivity contribution in [3.8, 4) is 0 Å². The monoisotopic (exact) mass is 347 g/mol. The molecule has 1 aromatic carbocycles. The molecule has 1 unspecified atom stereocenters. The molecular weight excluding hydrogens is 325 g/mol. The van der Waals surface area contributed by atoms with E-state index in [2.05, 4.69) is 9.88 Å². The van der Waals surface area contributed by atoms with Gasteiger partial charge in [-0.1, -0.05) is 0 Å². The number of aryl methyl sites for hydroxylation is 1. The number of nitro groups is 1. The number of nitro benzene ring substituents is 1. The SMILES string of the molecule is Cn1c(N2CCCC(F)C2)nc2cc([N+](=O)[O-])c(N3CCCC3)cc21. The van der Waals surface area contributed by atoms with Gasteiger partial charge in [-0.05, 0) is 31.7 Å². The molecule has 0 N–H and O–H groups in total. The van der Waals surface area contributed by atoms with Gasteiger partial charge in [-0.25, -0.2) is 9.37 Å². The Morgan fingerprint density at radius 2 is 1.92 bits per heavy atom. The van der Waals surface area contributed by atoms with Crippen LogP contribution in [0.1, 0.15) is 25.7 Å². The van der Waals surface area contributed by atoms with Gasteiger partial charge in [0.25, 0.3) is 5.69 Å². The smallest absolute Gasteiger partial charge is 0.294 e. The summed E-state index contributed by atoms with van der Waals surface area (Å²) in [6.07, 6.45) is 2.65. The number of aromatic nitrogens is 2. The Morgan fingerprint density at radius 1 is 1.20 bits per heavy atom. The van der Waals surface area contributed by atoms with Crippen molar-refractivity contribution in [3.05, 3.63) is 22.2 Å². The van der Waals surface area contributed by atoms with E-state index in [0.29, 0.717) is 30.1 Å². The summed E-state index contributed by atoms with van der Waals surface area (Å²) in [5, 5.41) is 11.5. The number of hydrogen-bond donors (Lipinski definition) is 0. The van der Waals surface area contributed by atoms with E-state index in [4.69, 9.17) is 0 Å². The summed E-state index contributed by atoms with van der Waals surface area (Å²) in [6.45, 7) is 2.77. The van der Waals surface area contributed by atoms with Gasteiger partial charge >= 0.3 is 0 Å². The molecule has 0 amide bonds. The van der Waals surface area contributed by atoms with Crippen molar-refractivity contribution in [2.75, 3.05) is 36.0 Å². The molecule has 2 aliphatic rings. The molecule has 1 atom stereocenters. The maximum atomic E-state index is 13.8. The number of nitrogens with zero attached hydrogens (tertiary/aromatic N) is 5. The molecule has 8 heteroatoms. The minimum atomic E-state index is -0.844. The van der Waals surface area contributed by atoms with Crippen LogP contribution in [0, 0.1) is 10.1 Å². The third kappa shape index (κ3) is 2.79. The van der Waals surface area contributed by atoms with Crippen LogP contribution in [0.4, 0.5) is 21.7 Å². The maximum Gasteiger partial charge on any atom is 0.294 e. The molecule has 2 fully saturated rings. The van der Waals surface area contributed by atoms with Gasteiger partial charge < -0.3 is 14.4 Å². The van der Waals surface area contributed by atoms with Crippen LogP contribution in [0.5, 0.6) is 0 Å². The summed E-state index contributed by atoms with van der Waals surface area (Å²) >= 11 is 0. The zero-order valence-corrected chi connectivity index (χ0v) is 14.3. The molecule has 0 bridgehead atoms. The highest BCUT2D eigenvalue weighted by atomic mass is 19.1. The summed E-state index contributed by atoms with van der Waals surface area (Å²) in [5.74, 6) is 0.685. The average Bonchev–Trinajstić information content (AvgIpc) is 3.22. The zero-order chi connectivity index (χ0) is 17.6. The van der Waals surface area contributed by atoms with Gasteiger partial charge in [0.15, 0.2) is 0 Å². The predicted octanol–water partition coefficient (Wildman–Crippen LogP) is 3.02. The molecule has 0 spiro atoms. The van der Waals surface area contributed by atoms with E-state index in [0.717, 1.165) is 44.4 Å². The summed E-state index contributed by atoms with van der Waals surface area (Å²) in [6, 6.07) is 3.43. The average molecular weight is 347 g/mol. The highest BCUT2D eigenvalue weighted by Crippen LogP contribution is 2.36. The summed E-state index contributed by atoms with van der Waals surface area (Å²) in [7, 11) is 1.89. The van der Waals surface area contributed by atoms with Crippen molar-refractivity contribution in [2.45, 2.75) is 31.9 Å². The van der Waals surface area contributed by atoms with Crippen molar-refractivity contribution in [3.63, 3.8) is 0 Å². The van der Waals surface area contributed by atoms with Crippen molar-refractivity contribution in [1.29, 1.82) is 0 Å². The number of alkyl halides is 1. The van der Waals surface area contributed by atoms with Gasteiger partial charge in [-0.3, -0.25) is 10.1 Å². The third-order valence-corrected chi connectivity index (χ3v) is 5.24. The predicted molar refractivity (Wildman–Crippen MR) is 95.2 cm³/mol. The molecule has 2 aliphatic heterocycles. The highest BCUT2D eigenvalue weighted by molar-refractivity contribution is 5.88. The molecule has 2 aromatic rings. The molecule has 0 saturated carbocycles. The Balaban J connectivity index is 1.81. The van der Waals surface area contributed by atoms with E-state index in [-0.39, 0.29) is 10.6 Å². The maximum absolute atomic E-state index is 13.8. The van der Waals surface area contributed by atoms with Crippen LogP contribution >= 0.6 is 0 Å². The number of piperidine rings is 1. The first-order chi connectivity index (χ1) is 12.0. The molecule has 3 heterocycles. The number of imidazole rings is 1. The second-order valence-electron chi connectivity index (χ2n) is 6.94. The molecule has 0 aliphatic carbocycles. The highest BCUT2D eigenvalue weighted by Gasteiger charge is 2.27. The molecule has 7 nitrogen and oxygen atoms in total. The van der Waals surface area contributed by atoms with Gasteiger partial charge in [0.1, 0.15) is 11.9 Å². The quantitative estimate of drug-likeness (QED) is 0.631. The van der Waals surface area contributed by atoms with Gasteiger partial charge in [0.2, 0.25) is 5.95 Å². The van der Waals surface area contributed by atoms with Crippen LogP contribution in [0.3, 0.4) is 0 Å². The standard InChI is InChI=1S/C17H22FN5O2/c1-20-14-10-15(21-6-2-3-7-21)16(23(24)25)9-13(14)19-17(20)22-8-4-5-12(18)11-22/h9-10,12H,2-8,11H2,1H3. The Bertz CT molecular complexity index is 815. The van der Waals surface area contributed by atoms with Crippen LogP contribution in [-0.4, -0.2) is 46.8 Å². The molecule has 4 rings (SSSR count). The van der Waals surface area contributed by atoms with Gasteiger partial charge in [0.05, 0.1) is 22.5 Å². The van der Waals surface area contributed by atoms with E-state index >= 15 is 0 Å². The number of anilines is 2. The molecule has 25 heavy (non-hydrogen) atoms. The molecule has 134 valence electrons. The summed E-state index contributed by atoms with van der Waals surface area (Å²) in [4.78, 5) is 19.8. The van der Waals surface area contributed by atoms with E-state index in [1.54, 1.807) is 6.07 Å². The number of halogens is 1. The lowest BCUT2D eigenvalue weighted by atomic mass is 10.1. The van der Waals surface area contributed by atoms with Crippen LogP contribution < -0.4 is 9.80 Å². The Morgan fingerprint density at radius 3 is 2.60 bits per heavy atom. The number of benzene rings is 1. The number of fused-ring (bicyclic) bond motifs is 1. The first-order valence-electron chi connectivity index (χ1n) is 8.83.